The molecule has 33 heavy (non-hydrogen) atoms. The van der Waals surface area contributed by atoms with E-state index in [1.165, 1.54) is 12.2 Å². The normalized spacial score (nSPS) is 12.4. The molecular formula is C25H20F2N2O4. The van der Waals surface area contributed by atoms with Crippen molar-refractivity contribution in [1.82, 2.24) is 5.32 Å². The number of nitrogens with zero attached hydrogens (tertiary/aromatic N) is 1. The molecule has 1 aliphatic rings. The zero-order chi connectivity index (χ0) is 23.4. The Morgan fingerprint density at radius 2 is 1.70 bits per heavy atom. The number of fused-ring (bicyclic) bond motifs is 3. The SMILES string of the molecule is O=C(NCCC=Cc1cc(F)cc(F)c1[N+](=O)[O-])OCC1c2ccccc2-c2ccccc21. The van der Waals surface area contributed by atoms with Crippen LogP contribution >= 0.6 is 0 Å². The van der Waals surface area contributed by atoms with E-state index in [4.69, 9.17) is 4.74 Å². The maximum atomic E-state index is 13.7. The van der Waals surface area contributed by atoms with Crippen LogP contribution < -0.4 is 5.32 Å². The summed E-state index contributed by atoms with van der Waals surface area (Å²) in [4.78, 5) is 22.2. The first-order valence-electron chi connectivity index (χ1n) is 10.3. The number of alkyl carbamates (subject to hydrolysis) is 1. The number of hydrogen-bond donors (Lipinski definition) is 1. The predicted molar refractivity (Wildman–Crippen MR) is 120 cm³/mol. The third kappa shape index (κ3) is 4.74. The Morgan fingerprint density at radius 1 is 1.06 bits per heavy atom. The zero-order valence-corrected chi connectivity index (χ0v) is 17.5. The van der Waals surface area contributed by atoms with Crippen molar-refractivity contribution >= 4 is 17.9 Å². The van der Waals surface area contributed by atoms with E-state index in [0.717, 1.165) is 28.3 Å². The fourth-order valence-corrected chi connectivity index (χ4v) is 4.02. The number of carbonyl (C=O) groups excluding carboxylic acids is 1. The van der Waals surface area contributed by atoms with Gasteiger partial charge in [-0.3, -0.25) is 10.1 Å². The molecule has 3 aromatic rings. The minimum Gasteiger partial charge on any atom is -0.449 e. The minimum absolute atomic E-state index is 0.0496. The van der Waals surface area contributed by atoms with E-state index >= 15 is 0 Å². The second kappa shape index (κ2) is 9.60. The van der Waals surface area contributed by atoms with Gasteiger partial charge in [-0.25, -0.2) is 9.18 Å². The third-order valence-electron chi connectivity index (χ3n) is 5.46. The zero-order valence-electron chi connectivity index (χ0n) is 17.5. The standard InChI is InChI=1S/C25H20F2N2O4/c26-17-13-16(24(29(31)32)23(27)14-17)7-5-6-12-28-25(30)33-15-22-20-10-3-1-8-18(20)19-9-2-4-11-21(19)22/h1-5,7-11,13-14,22H,6,12,15H2,(H,28,30). The lowest BCUT2D eigenvalue weighted by Crippen LogP contribution is -2.26. The molecule has 0 spiro atoms. The molecule has 3 aromatic carbocycles. The fourth-order valence-electron chi connectivity index (χ4n) is 4.02. The van der Waals surface area contributed by atoms with Crippen molar-refractivity contribution in [3.8, 4) is 11.1 Å². The number of rotatable bonds is 7. The Labute approximate surface area is 188 Å². The molecule has 168 valence electrons. The third-order valence-corrected chi connectivity index (χ3v) is 5.46. The molecule has 6 nitrogen and oxygen atoms in total. The second-order valence-corrected chi connectivity index (χ2v) is 7.53. The predicted octanol–water partition coefficient (Wildman–Crippen LogP) is 5.82. The van der Waals surface area contributed by atoms with E-state index in [1.807, 2.05) is 36.4 Å². The molecule has 1 N–H and O–H groups in total. The number of amides is 1. The van der Waals surface area contributed by atoms with Crippen molar-refractivity contribution in [2.24, 2.45) is 0 Å². The van der Waals surface area contributed by atoms with Gasteiger partial charge in [-0.1, -0.05) is 60.7 Å². The van der Waals surface area contributed by atoms with E-state index in [1.54, 1.807) is 0 Å². The van der Waals surface area contributed by atoms with Gasteiger partial charge in [0.2, 0.25) is 5.82 Å². The highest BCUT2D eigenvalue weighted by Gasteiger charge is 2.29. The van der Waals surface area contributed by atoms with Crippen molar-refractivity contribution < 1.29 is 23.2 Å². The first-order valence-corrected chi connectivity index (χ1v) is 10.3. The van der Waals surface area contributed by atoms with Crippen LogP contribution in [-0.4, -0.2) is 24.2 Å². The van der Waals surface area contributed by atoms with Crippen molar-refractivity contribution in [2.75, 3.05) is 13.2 Å². The molecule has 0 radical (unpaired) electrons. The highest BCUT2D eigenvalue weighted by molar-refractivity contribution is 5.79. The largest absolute Gasteiger partial charge is 0.449 e. The first kappa shape index (κ1) is 22.1. The number of nitro groups is 1. The number of benzene rings is 3. The van der Waals surface area contributed by atoms with Crippen molar-refractivity contribution in [3.63, 3.8) is 0 Å². The number of halogens is 2. The Hall–Kier alpha value is -4.07. The molecule has 0 saturated heterocycles. The maximum Gasteiger partial charge on any atom is 0.407 e. The van der Waals surface area contributed by atoms with Gasteiger partial charge in [-0.2, -0.15) is 4.39 Å². The molecule has 0 heterocycles. The topological polar surface area (TPSA) is 81.5 Å². The van der Waals surface area contributed by atoms with Crippen LogP contribution in [0.3, 0.4) is 0 Å². The Morgan fingerprint density at radius 3 is 2.33 bits per heavy atom. The van der Waals surface area contributed by atoms with Crippen LogP contribution in [-0.2, 0) is 4.74 Å². The average Bonchev–Trinajstić information content (AvgIpc) is 3.10. The van der Waals surface area contributed by atoms with Gasteiger partial charge >= 0.3 is 11.8 Å². The minimum atomic E-state index is -1.24. The van der Waals surface area contributed by atoms with Crippen LogP contribution in [0.2, 0.25) is 0 Å². The fraction of sp³-hybridized carbons (Fsp3) is 0.160. The van der Waals surface area contributed by atoms with Gasteiger partial charge in [0.15, 0.2) is 0 Å². The van der Waals surface area contributed by atoms with Crippen LogP contribution in [0.25, 0.3) is 17.2 Å². The summed E-state index contributed by atoms with van der Waals surface area (Å²) in [6.07, 6.45) is 2.45. The molecule has 8 heteroatoms. The number of hydrogen-bond acceptors (Lipinski definition) is 4. The van der Waals surface area contributed by atoms with E-state index < -0.39 is 28.3 Å². The lowest BCUT2D eigenvalue weighted by molar-refractivity contribution is -0.387. The summed E-state index contributed by atoms with van der Waals surface area (Å²) in [5, 5.41) is 13.6. The van der Waals surface area contributed by atoms with Crippen molar-refractivity contribution in [1.29, 1.82) is 0 Å². The summed E-state index contributed by atoms with van der Waals surface area (Å²) >= 11 is 0. The van der Waals surface area contributed by atoms with Gasteiger partial charge in [0.1, 0.15) is 12.4 Å². The van der Waals surface area contributed by atoms with Crippen molar-refractivity contribution in [2.45, 2.75) is 12.3 Å². The monoisotopic (exact) mass is 450 g/mol. The Balaban J connectivity index is 1.31. The van der Waals surface area contributed by atoms with E-state index in [2.05, 4.69) is 17.4 Å². The van der Waals surface area contributed by atoms with E-state index in [9.17, 15) is 23.7 Å². The molecule has 0 aromatic heterocycles. The summed E-state index contributed by atoms with van der Waals surface area (Å²) in [5.74, 6) is -2.20. The highest BCUT2D eigenvalue weighted by atomic mass is 19.1. The van der Waals surface area contributed by atoms with Crippen LogP contribution in [0.4, 0.5) is 19.3 Å². The molecule has 1 amide bonds. The van der Waals surface area contributed by atoms with Crippen LogP contribution in [0.15, 0.2) is 66.7 Å². The van der Waals surface area contributed by atoms with E-state index in [-0.39, 0.29) is 24.6 Å². The molecule has 1 aliphatic carbocycles. The molecule has 0 unspecified atom stereocenters. The first-order chi connectivity index (χ1) is 16.0. The summed E-state index contributed by atoms with van der Waals surface area (Å²) in [7, 11) is 0. The van der Waals surface area contributed by atoms with E-state index in [0.29, 0.717) is 12.5 Å². The number of ether oxygens (including phenoxy) is 1. The summed E-state index contributed by atoms with van der Waals surface area (Å²) < 4.78 is 32.5. The van der Waals surface area contributed by atoms with Gasteiger partial charge in [-0.05, 0) is 34.7 Å². The number of nitrogens with one attached hydrogen (secondary N) is 1. The van der Waals surface area contributed by atoms with Crippen LogP contribution in [0.1, 0.15) is 29.0 Å². The van der Waals surface area contributed by atoms with Crippen LogP contribution in [0, 0.1) is 21.7 Å². The highest BCUT2D eigenvalue weighted by Crippen LogP contribution is 2.44. The number of nitro benzene ring substituents is 1. The lowest BCUT2D eigenvalue weighted by Gasteiger charge is -2.14. The summed E-state index contributed by atoms with van der Waals surface area (Å²) in [5.41, 5.74) is 3.51. The molecule has 0 fully saturated rings. The molecule has 0 aliphatic heterocycles. The van der Waals surface area contributed by atoms with Crippen LogP contribution in [0.5, 0.6) is 0 Å². The van der Waals surface area contributed by atoms with Gasteiger partial charge < -0.3 is 10.1 Å². The van der Waals surface area contributed by atoms with Crippen molar-refractivity contribution in [3.05, 3.63) is 105 Å². The Kier molecular flexibility index (Phi) is 6.44. The van der Waals surface area contributed by atoms with Gasteiger partial charge in [0.05, 0.1) is 10.5 Å². The van der Waals surface area contributed by atoms with Gasteiger partial charge in [-0.15, -0.1) is 0 Å². The molecular weight excluding hydrogens is 430 g/mol. The smallest absolute Gasteiger partial charge is 0.407 e. The van der Waals surface area contributed by atoms with Gasteiger partial charge in [0, 0.05) is 18.5 Å². The maximum absolute atomic E-state index is 13.7. The molecule has 0 atom stereocenters. The lowest BCUT2D eigenvalue weighted by atomic mass is 9.98. The molecule has 0 saturated carbocycles. The molecule has 4 rings (SSSR count). The van der Waals surface area contributed by atoms with Gasteiger partial charge in [0.25, 0.3) is 0 Å². The second-order valence-electron chi connectivity index (χ2n) is 7.53. The summed E-state index contributed by atoms with van der Waals surface area (Å²) in [6, 6.07) is 17.4. The summed E-state index contributed by atoms with van der Waals surface area (Å²) in [6.45, 7) is 0.378. The average molecular weight is 450 g/mol. The quantitative estimate of drug-likeness (QED) is 0.280. The Bertz CT molecular complexity index is 1200. The number of carbonyl (C=O) groups is 1. The molecule has 0 bridgehead atoms.